The van der Waals surface area contributed by atoms with Crippen LogP contribution in [0.2, 0.25) is 0 Å². The van der Waals surface area contributed by atoms with Gasteiger partial charge in [-0.2, -0.15) is 0 Å². The molecule has 0 aliphatic rings. The van der Waals surface area contributed by atoms with Gasteiger partial charge in [0, 0.05) is 12.1 Å². The Hall–Kier alpha value is -1.35. The zero-order chi connectivity index (χ0) is 12.8. The highest BCUT2D eigenvalue weighted by Gasteiger charge is 2.22. The van der Waals surface area contributed by atoms with Crippen molar-refractivity contribution in [2.45, 2.75) is 32.9 Å². The Morgan fingerprint density at radius 3 is 2.29 bits per heavy atom. The lowest BCUT2D eigenvalue weighted by Crippen LogP contribution is -2.38. The molecule has 0 aliphatic heterocycles. The topological polar surface area (TPSA) is 38.3 Å². The second kappa shape index (κ2) is 6.40. The van der Waals surface area contributed by atoms with Crippen LogP contribution in [0.5, 0.6) is 0 Å². The molecular weight excluding hydrogens is 214 g/mol. The molecule has 0 spiro atoms. The quantitative estimate of drug-likeness (QED) is 0.797. The summed E-state index contributed by atoms with van der Waals surface area (Å²) in [4.78, 5) is 11.4. The lowest BCUT2D eigenvalue weighted by molar-refractivity contribution is -0.145. The monoisotopic (exact) mass is 235 g/mol. The SMILES string of the molecule is COC(=O)[C@@H](C)[C@@H](C)N[C@H](C)c1ccccc1. The van der Waals surface area contributed by atoms with Crippen LogP contribution in [0.3, 0.4) is 0 Å². The van der Waals surface area contributed by atoms with Gasteiger partial charge in [-0.05, 0) is 19.4 Å². The number of methoxy groups -OCH3 is 1. The van der Waals surface area contributed by atoms with E-state index in [4.69, 9.17) is 4.74 Å². The van der Waals surface area contributed by atoms with Crippen LogP contribution in [0.1, 0.15) is 32.4 Å². The number of benzene rings is 1. The molecule has 3 heteroatoms. The van der Waals surface area contributed by atoms with Gasteiger partial charge in [0.2, 0.25) is 0 Å². The van der Waals surface area contributed by atoms with Crippen molar-refractivity contribution in [3.63, 3.8) is 0 Å². The number of nitrogens with one attached hydrogen (secondary N) is 1. The second-order valence-electron chi connectivity index (χ2n) is 4.40. The fraction of sp³-hybridized carbons (Fsp3) is 0.500. The summed E-state index contributed by atoms with van der Waals surface area (Å²) >= 11 is 0. The van der Waals surface area contributed by atoms with Crippen molar-refractivity contribution >= 4 is 5.97 Å². The van der Waals surface area contributed by atoms with Crippen LogP contribution in [0.15, 0.2) is 30.3 Å². The van der Waals surface area contributed by atoms with Crippen molar-refractivity contribution in [3.8, 4) is 0 Å². The molecule has 0 fully saturated rings. The minimum Gasteiger partial charge on any atom is -0.469 e. The van der Waals surface area contributed by atoms with Gasteiger partial charge in [-0.3, -0.25) is 4.79 Å². The van der Waals surface area contributed by atoms with E-state index >= 15 is 0 Å². The van der Waals surface area contributed by atoms with E-state index in [1.54, 1.807) is 0 Å². The average molecular weight is 235 g/mol. The minimum atomic E-state index is -0.176. The third-order valence-electron chi connectivity index (χ3n) is 3.14. The summed E-state index contributed by atoms with van der Waals surface area (Å²) in [6.45, 7) is 5.97. The molecule has 0 aliphatic carbocycles. The molecule has 0 amide bonds. The standard InChI is InChI=1S/C14H21NO2/c1-10(14(16)17-4)11(2)15-12(3)13-8-6-5-7-9-13/h5-12,15H,1-4H3/t10-,11+,12+/m0/s1. The third kappa shape index (κ3) is 3.86. The van der Waals surface area contributed by atoms with Crippen molar-refractivity contribution in [1.82, 2.24) is 5.32 Å². The summed E-state index contributed by atoms with van der Waals surface area (Å²) < 4.78 is 4.74. The summed E-state index contributed by atoms with van der Waals surface area (Å²) in [7, 11) is 1.42. The first-order valence-electron chi connectivity index (χ1n) is 5.95. The highest BCUT2D eigenvalue weighted by atomic mass is 16.5. The van der Waals surface area contributed by atoms with Crippen LogP contribution in [-0.2, 0) is 9.53 Å². The van der Waals surface area contributed by atoms with Crippen LogP contribution in [0, 0.1) is 5.92 Å². The molecule has 0 saturated heterocycles. The first kappa shape index (κ1) is 13.7. The normalized spacial score (nSPS) is 16.0. The Kier molecular flexibility index (Phi) is 5.16. The summed E-state index contributed by atoms with van der Waals surface area (Å²) in [6, 6.07) is 10.5. The van der Waals surface area contributed by atoms with Crippen molar-refractivity contribution in [3.05, 3.63) is 35.9 Å². The van der Waals surface area contributed by atoms with E-state index in [1.807, 2.05) is 32.0 Å². The maximum Gasteiger partial charge on any atom is 0.309 e. The predicted octanol–water partition coefficient (Wildman–Crippen LogP) is 2.53. The van der Waals surface area contributed by atoms with Crippen LogP contribution in [0.4, 0.5) is 0 Å². The van der Waals surface area contributed by atoms with E-state index in [0.29, 0.717) is 0 Å². The molecule has 0 unspecified atom stereocenters. The molecule has 0 heterocycles. The maximum atomic E-state index is 11.4. The van der Waals surface area contributed by atoms with Gasteiger partial charge in [-0.25, -0.2) is 0 Å². The zero-order valence-electron chi connectivity index (χ0n) is 10.9. The molecule has 0 radical (unpaired) electrons. The van der Waals surface area contributed by atoms with Gasteiger partial charge in [0.1, 0.15) is 0 Å². The third-order valence-corrected chi connectivity index (χ3v) is 3.14. The van der Waals surface area contributed by atoms with Crippen LogP contribution in [0.25, 0.3) is 0 Å². The van der Waals surface area contributed by atoms with Crippen LogP contribution >= 0.6 is 0 Å². The lowest BCUT2D eigenvalue weighted by atomic mass is 10.0. The molecule has 0 bridgehead atoms. The highest BCUT2D eigenvalue weighted by Crippen LogP contribution is 2.15. The average Bonchev–Trinajstić information content (AvgIpc) is 2.37. The maximum absolute atomic E-state index is 11.4. The number of rotatable bonds is 5. The molecule has 1 N–H and O–H groups in total. The molecule has 3 nitrogen and oxygen atoms in total. The number of carbonyl (C=O) groups excluding carboxylic acids is 1. The van der Waals surface area contributed by atoms with Gasteiger partial charge < -0.3 is 10.1 Å². The van der Waals surface area contributed by atoms with Crippen LogP contribution < -0.4 is 5.32 Å². The lowest BCUT2D eigenvalue weighted by Gasteiger charge is -2.24. The van der Waals surface area contributed by atoms with Gasteiger partial charge >= 0.3 is 5.97 Å². The molecule has 0 saturated carbocycles. The molecular formula is C14H21NO2. The molecule has 94 valence electrons. The number of hydrogen-bond acceptors (Lipinski definition) is 3. The zero-order valence-corrected chi connectivity index (χ0v) is 10.9. The van der Waals surface area contributed by atoms with E-state index in [9.17, 15) is 4.79 Å². The fourth-order valence-corrected chi connectivity index (χ4v) is 1.77. The Balaban J connectivity index is 2.57. The second-order valence-corrected chi connectivity index (χ2v) is 4.40. The van der Waals surface area contributed by atoms with Gasteiger partial charge in [0.25, 0.3) is 0 Å². The van der Waals surface area contributed by atoms with Crippen molar-refractivity contribution in [2.75, 3.05) is 7.11 Å². The number of carbonyl (C=O) groups is 1. The first-order chi connectivity index (χ1) is 8.06. The Morgan fingerprint density at radius 2 is 1.76 bits per heavy atom. The summed E-state index contributed by atoms with van der Waals surface area (Å²) in [5.74, 6) is -0.323. The van der Waals surface area contributed by atoms with Gasteiger partial charge in [-0.15, -0.1) is 0 Å². The van der Waals surface area contributed by atoms with E-state index in [-0.39, 0.29) is 24.0 Å². The van der Waals surface area contributed by atoms with Crippen LogP contribution in [-0.4, -0.2) is 19.1 Å². The predicted molar refractivity (Wildman–Crippen MR) is 68.6 cm³/mol. The largest absolute Gasteiger partial charge is 0.469 e. The van der Waals surface area contributed by atoms with E-state index < -0.39 is 0 Å². The van der Waals surface area contributed by atoms with Gasteiger partial charge in [-0.1, -0.05) is 37.3 Å². The smallest absolute Gasteiger partial charge is 0.309 e. The summed E-state index contributed by atoms with van der Waals surface area (Å²) in [5.41, 5.74) is 1.22. The van der Waals surface area contributed by atoms with Gasteiger partial charge in [0.15, 0.2) is 0 Å². The van der Waals surface area contributed by atoms with E-state index in [2.05, 4.69) is 24.4 Å². The number of hydrogen-bond donors (Lipinski definition) is 1. The molecule has 1 rings (SSSR count). The number of esters is 1. The Bertz CT molecular complexity index is 350. The Morgan fingerprint density at radius 1 is 1.18 bits per heavy atom. The van der Waals surface area contributed by atoms with Crippen molar-refractivity contribution < 1.29 is 9.53 Å². The molecule has 0 aromatic heterocycles. The highest BCUT2D eigenvalue weighted by molar-refractivity contribution is 5.72. The van der Waals surface area contributed by atoms with Crippen molar-refractivity contribution in [2.24, 2.45) is 5.92 Å². The molecule has 3 atom stereocenters. The van der Waals surface area contributed by atoms with Crippen molar-refractivity contribution in [1.29, 1.82) is 0 Å². The molecule has 1 aromatic carbocycles. The Labute approximate surface area is 103 Å². The summed E-state index contributed by atoms with van der Waals surface area (Å²) in [5, 5.41) is 3.41. The molecule has 17 heavy (non-hydrogen) atoms. The van der Waals surface area contributed by atoms with E-state index in [0.717, 1.165) is 0 Å². The summed E-state index contributed by atoms with van der Waals surface area (Å²) in [6.07, 6.45) is 0. The van der Waals surface area contributed by atoms with Gasteiger partial charge in [0.05, 0.1) is 13.0 Å². The minimum absolute atomic E-state index is 0.0812. The number of ether oxygens (including phenoxy) is 1. The fourth-order valence-electron chi connectivity index (χ4n) is 1.77. The molecule has 1 aromatic rings. The van der Waals surface area contributed by atoms with E-state index in [1.165, 1.54) is 12.7 Å². The first-order valence-corrected chi connectivity index (χ1v) is 5.95.